The lowest BCUT2D eigenvalue weighted by atomic mass is 10.1. The maximum absolute atomic E-state index is 13.1. The summed E-state index contributed by atoms with van der Waals surface area (Å²) in [5.74, 6) is -0.253. The summed E-state index contributed by atoms with van der Waals surface area (Å²) in [5.41, 5.74) is 2.09. The molecule has 0 saturated carbocycles. The van der Waals surface area contributed by atoms with Crippen molar-refractivity contribution in [2.24, 2.45) is 0 Å². The average molecular weight is 260 g/mol. The number of hydrogen-bond donors (Lipinski definition) is 0. The fourth-order valence-corrected chi connectivity index (χ4v) is 2.68. The Balaban J connectivity index is 2.10. The van der Waals surface area contributed by atoms with E-state index in [1.165, 1.54) is 29.5 Å². The summed E-state index contributed by atoms with van der Waals surface area (Å²) < 4.78 is 18.5. The summed E-state index contributed by atoms with van der Waals surface area (Å²) in [7, 11) is 0. The van der Waals surface area contributed by atoms with Crippen molar-refractivity contribution < 1.29 is 13.6 Å². The number of carbonyl (C=O) groups is 1. The van der Waals surface area contributed by atoms with Crippen molar-refractivity contribution in [1.29, 1.82) is 0 Å². The van der Waals surface area contributed by atoms with E-state index in [9.17, 15) is 9.18 Å². The van der Waals surface area contributed by atoms with E-state index in [0.717, 1.165) is 5.56 Å². The molecule has 18 heavy (non-hydrogen) atoms. The van der Waals surface area contributed by atoms with Gasteiger partial charge < -0.3 is 4.42 Å². The normalized spacial score (nSPS) is 11.0. The number of ketones is 1. The third kappa shape index (κ3) is 1.75. The maximum atomic E-state index is 13.1. The number of benzene rings is 1. The van der Waals surface area contributed by atoms with Crippen LogP contribution in [0.1, 0.15) is 21.7 Å². The molecule has 0 unspecified atom stereocenters. The van der Waals surface area contributed by atoms with Crippen LogP contribution in [0.4, 0.5) is 4.39 Å². The van der Waals surface area contributed by atoms with Crippen LogP contribution in [0.5, 0.6) is 0 Å². The molecule has 0 aliphatic carbocycles. The van der Waals surface area contributed by atoms with Gasteiger partial charge in [0, 0.05) is 16.3 Å². The van der Waals surface area contributed by atoms with Gasteiger partial charge >= 0.3 is 0 Å². The van der Waals surface area contributed by atoms with Gasteiger partial charge in [-0.2, -0.15) is 11.3 Å². The molecule has 0 atom stereocenters. The third-order valence-corrected chi connectivity index (χ3v) is 3.66. The summed E-state index contributed by atoms with van der Waals surface area (Å²) in [5, 5.41) is 4.31. The standard InChI is InChI=1S/C14H9FO2S/c1-8-6-18-7-11(8)14(16)13-5-9-4-10(15)2-3-12(9)17-13/h2-7H,1H3. The monoisotopic (exact) mass is 260 g/mol. The first-order chi connectivity index (χ1) is 8.65. The fraction of sp³-hybridized carbons (Fsp3) is 0.0714. The van der Waals surface area contributed by atoms with E-state index < -0.39 is 0 Å². The molecule has 0 N–H and O–H groups in total. The quantitative estimate of drug-likeness (QED) is 0.647. The molecule has 0 fully saturated rings. The zero-order valence-electron chi connectivity index (χ0n) is 9.57. The van der Waals surface area contributed by atoms with E-state index in [1.54, 1.807) is 11.4 Å². The van der Waals surface area contributed by atoms with Crippen LogP contribution in [0.3, 0.4) is 0 Å². The molecule has 4 heteroatoms. The lowest BCUT2D eigenvalue weighted by Gasteiger charge is -1.94. The van der Waals surface area contributed by atoms with Crippen molar-refractivity contribution >= 4 is 28.1 Å². The number of fused-ring (bicyclic) bond motifs is 1. The predicted octanol–water partition coefficient (Wildman–Crippen LogP) is 4.17. The van der Waals surface area contributed by atoms with Crippen molar-refractivity contribution in [3.63, 3.8) is 0 Å². The second kappa shape index (κ2) is 4.07. The molecule has 0 radical (unpaired) electrons. The van der Waals surface area contributed by atoms with Crippen molar-refractivity contribution in [1.82, 2.24) is 0 Å². The minimum atomic E-state index is -0.339. The highest BCUT2D eigenvalue weighted by molar-refractivity contribution is 7.08. The SMILES string of the molecule is Cc1cscc1C(=O)c1cc2cc(F)ccc2o1. The van der Waals surface area contributed by atoms with Crippen LogP contribution >= 0.6 is 11.3 Å². The number of furan rings is 1. The van der Waals surface area contributed by atoms with Gasteiger partial charge in [-0.3, -0.25) is 4.79 Å². The smallest absolute Gasteiger partial charge is 0.229 e. The molecule has 0 aliphatic rings. The van der Waals surface area contributed by atoms with Gasteiger partial charge in [-0.25, -0.2) is 4.39 Å². The summed E-state index contributed by atoms with van der Waals surface area (Å²) >= 11 is 1.48. The van der Waals surface area contributed by atoms with E-state index in [0.29, 0.717) is 16.5 Å². The summed E-state index contributed by atoms with van der Waals surface area (Å²) in [6.07, 6.45) is 0. The second-order valence-electron chi connectivity index (χ2n) is 4.09. The van der Waals surface area contributed by atoms with E-state index >= 15 is 0 Å². The summed E-state index contributed by atoms with van der Waals surface area (Å²) in [6.45, 7) is 1.88. The molecule has 0 bridgehead atoms. The maximum Gasteiger partial charge on any atom is 0.229 e. The minimum Gasteiger partial charge on any atom is -0.453 e. The van der Waals surface area contributed by atoms with Crippen LogP contribution in [0.25, 0.3) is 11.0 Å². The summed E-state index contributed by atoms with van der Waals surface area (Å²) in [4.78, 5) is 12.2. The Morgan fingerprint density at radius 2 is 2.11 bits per heavy atom. The zero-order chi connectivity index (χ0) is 12.7. The molecule has 2 nitrogen and oxygen atoms in total. The van der Waals surface area contributed by atoms with Crippen molar-refractivity contribution in [2.75, 3.05) is 0 Å². The van der Waals surface area contributed by atoms with Gasteiger partial charge in [-0.05, 0) is 42.1 Å². The molecule has 0 amide bonds. The Hall–Kier alpha value is -1.94. The third-order valence-electron chi connectivity index (χ3n) is 2.80. The van der Waals surface area contributed by atoms with Crippen LogP contribution in [-0.2, 0) is 0 Å². The lowest BCUT2D eigenvalue weighted by molar-refractivity contribution is 0.101. The van der Waals surface area contributed by atoms with Gasteiger partial charge in [0.25, 0.3) is 0 Å². The van der Waals surface area contributed by atoms with Gasteiger partial charge in [0.15, 0.2) is 5.76 Å². The van der Waals surface area contributed by atoms with Crippen LogP contribution in [-0.4, -0.2) is 5.78 Å². The minimum absolute atomic E-state index is 0.162. The highest BCUT2D eigenvalue weighted by atomic mass is 32.1. The number of thiophene rings is 1. The van der Waals surface area contributed by atoms with Gasteiger partial charge in [0.2, 0.25) is 5.78 Å². The highest BCUT2D eigenvalue weighted by Gasteiger charge is 2.17. The van der Waals surface area contributed by atoms with Gasteiger partial charge in [-0.1, -0.05) is 0 Å². The van der Waals surface area contributed by atoms with E-state index in [4.69, 9.17) is 4.42 Å². The number of halogens is 1. The number of hydrogen-bond acceptors (Lipinski definition) is 3. The molecular formula is C14H9FO2S. The Kier molecular flexibility index (Phi) is 2.52. The first-order valence-electron chi connectivity index (χ1n) is 5.42. The Morgan fingerprint density at radius 1 is 1.28 bits per heavy atom. The fourth-order valence-electron chi connectivity index (χ4n) is 1.85. The average Bonchev–Trinajstić information content (AvgIpc) is 2.93. The zero-order valence-corrected chi connectivity index (χ0v) is 10.4. The number of aryl methyl sites for hydroxylation is 1. The molecule has 3 rings (SSSR count). The predicted molar refractivity (Wildman–Crippen MR) is 68.7 cm³/mol. The van der Waals surface area contributed by atoms with E-state index in [1.807, 2.05) is 12.3 Å². The van der Waals surface area contributed by atoms with Crippen LogP contribution < -0.4 is 0 Å². The Labute approximate surface area is 107 Å². The van der Waals surface area contributed by atoms with E-state index in [-0.39, 0.29) is 17.4 Å². The van der Waals surface area contributed by atoms with Gasteiger partial charge in [0.05, 0.1) is 0 Å². The molecule has 2 heterocycles. The number of carbonyl (C=O) groups excluding carboxylic acids is 1. The number of rotatable bonds is 2. The Bertz CT molecular complexity index is 739. The largest absolute Gasteiger partial charge is 0.453 e. The molecule has 2 aromatic heterocycles. The van der Waals surface area contributed by atoms with Crippen LogP contribution in [0.15, 0.2) is 39.4 Å². The van der Waals surface area contributed by atoms with Crippen LogP contribution in [0.2, 0.25) is 0 Å². The first kappa shape index (κ1) is 11.2. The van der Waals surface area contributed by atoms with E-state index in [2.05, 4.69) is 0 Å². The van der Waals surface area contributed by atoms with Gasteiger partial charge in [-0.15, -0.1) is 0 Å². The molecule has 1 aromatic carbocycles. The van der Waals surface area contributed by atoms with Crippen molar-refractivity contribution in [3.05, 3.63) is 57.7 Å². The van der Waals surface area contributed by atoms with Crippen molar-refractivity contribution in [3.8, 4) is 0 Å². The van der Waals surface area contributed by atoms with Gasteiger partial charge in [0.1, 0.15) is 11.4 Å². The lowest BCUT2D eigenvalue weighted by Crippen LogP contribution is -1.99. The first-order valence-corrected chi connectivity index (χ1v) is 6.36. The molecule has 3 aromatic rings. The molecule has 0 aliphatic heterocycles. The Morgan fingerprint density at radius 3 is 2.83 bits per heavy atom. The van der Waals surface area contributed by atoms with Crippen LogP contribution in [0, 0.1) is 12.7 Å². The molecule has 90 valence electrons. The topological polar surface area (TPSA) is 30.2 Å². The molecular weight excluding hydrogens is 251 g/mol. The highest BCUT2D eigenvalue weighted by Crippen LogP contribution is 2.24. The molecule has 0 saturated heterocycles. The summed E-state index contributed by atoms with van der Waals surface area (Å²) in [6, 6.07) is 5.78. The molecule has 0 spiro atoms. The van der Waals surface area contributed by atoms with Crippen molar-refractivity contribution in [2.45, 2.75) is 6.92 Å². The second-order valence-corrected chi connectivity index (χ2v) is 4.83.